The molecule has 0 atom stereocenters. The van der Waals surface area contributed by atoms with Crippen molar-refractivity contribution in [2.24, 2.45) is 0 Å². The van der Waals surface area contributed by atoms with Crippen LogP contribution in [0.3, 0.4) is 0 Å². The summed E-state index contributed by atoms with van der Waals surface area (Å²) in [6.45, 7) is 2.36. The van der Waals surface area contributed by atoms with Gasteiger partial charge < -0.3 is 15.2 Å². The SMILES string of the molecule is CCOc1cc(N)c(C2CCC2)cc1C(=O)OC. The Hall–Kier alpha value is -1.71. The lowest BCUT2D eigenvalue weighted by molar-refractivity contribution is 0.0596. The quantitative estimate of drug-likeness (QED) is 0.658. The summed E-state index contributed by atoms with van der Waals surface area (Å²) in [5.74, 6) is 0.605. The Bertz CT molecular complexity index is 453. The van der Waals surface area contributed by atoms with Gasteiger partial charge in [-0.15, -0.1) is 0 Å². The number of nitrogen functional groups attached to an aromatic ring is 1. The molecule has 18 heavy (non-hydrogen) atoms. The third-order valence-electron chi connectivity index (χ3n) is 3.44. The molecule has 2 rings (SSSR count). The molecule has 98 valence electrons. The van der Waals surface area contributed by atoms with E-state index in [4.69, 9.17) is 15.2 Å². The summed E-state index contributed by atoms with van der Waals surface area (Å²) in [5.41, 5.74) is 8.26. The second-order valence-corrected chi connectivity index (χ2v) is 4.53. The van der Waals surface area contributed by atoms with Gasteiger partial charge in [-0.3, -0.25) is 0 Å². The molecule has 0 heterocycles. The molecule has 1 aliphatic rings. The minimum atomic E-state index is -0.376. The molecular formula is C14H19NO3. The van der Waals surface area contributed by atoms with E-state index in [0.717, 1.165) is 18.4 Å². The number of nitrogens with two attached hydrogens (primary N) is 1. The molecule has 0 aromatic heterocycles. The van der Waals surface area contributed by atoms with Crippen LogP contribution in [0.15, 0.2) is 12.1 Å². The van der Waals surface area contributed by atoms with Gasteiger partial charge in [0.1, 0.15) is 11.3 Å². The number of hydrogen-bond acceptors (Lipinski definition) is 4. The van der Waals surface area contributed by atoms with Crippen molar-refractivity contribution < 1.29 is 14.3 Å². The molecular weight excluding hydrogens is 230 g/mol. The molecule has 0 amide bonds. The van der Waals surface area contributed by atoms with Crippen molar-refractivity contribution in [2.75, 3.05) is 19.5 Å². The highest BCUT2D eigenvalue weighted by Crippen LogP contribution is 2.41. The molecule has 1 saturated carbocycles. The van der Waals surface area contributed by atoms with E-state index in [1.807, 2.05) is 13.0 Å². The third kappa shape index (κ3) is 2.28. The largest absolute Gasteiger partial charge is 0.493 e. The zero-order valence-corrected chi connectivity index (χ0v) is 10.9. The van der Waals surface area contributed by atoms with Gasteiger partial charge in [0.15, 0.2) is 0 Å². The molecule has 1 fully saturated rings. The summed E-state index contributed by atoms with van der Waals surface area (Å²) in [7, 11) is 1.37. The van der Waals surface area contributed by atoms with E-state index >= 15 is 0 Å². The van der Waals surface area contributed by atoms with E-state index in [0.29, 0.717) is 29.5 Å². The lowest BCUT2D eigenvalue weighted by atomic mass is 9.79. The predicted molar refractivity (Wildman–Crippen MR) is 70.0 cm³/mol. The molecule has 1 aromatic rings. The fourth-order valence-electron chi connectivity index (χ4n) is 2.23. The van der Waals surface area contributed by atoms with E-state index in [9.17, 15) is 4.79 Å². The second-order valence-electron chi connectivity index (χ2n) is 4.53. The van der Waals surface area contributed by atoms with Crippen LogP contribution in [0.1, 0.15) is 48.0 Å². The number of hydrogen-bond donors (Lipinski definition) is 1. The summed E-state index contributed by atoms with van der Waals surface area (Å²) < 4.78 is 10.2. The first-order chi connectivity index (χ1) is 8.67. The summed E-state index contributed by atoms with van der Waals surface area (Å²) in [5, 5.41) is 0. The zero-order chi connectivity index (χ0) is 13.1. The maximum absolute atomic E-state index is 11.8. The Kier molecular flexibility index (Phi) is 3.75. The van der Waals surface area contributed by atoms with Crippen LogP contribution in [0.25, 0.3) is 0 Å². The van der Waals surface area contributed by atoms with E-state index in [2.05, 4.69) is 0 Å². The monoisotopic (exact) mass is 249 g/mol. The smallest absolute Gasteiger partial charge is 0.341 e. The Morgan fingerprint density at radius 2 is 2.17 bits per heavy atom. The molecule has 0 unspecified atom stereocenters. The number of benzene rings is 1. The van der Waals surface area contributed by atoms with Crippen molar-refractivity contribution in [2.45, 2.75) is 32.1 Å². The molecule has 1 aromatic carbocycles. The van der Waals surface area contributed by atoms with E-state index in [-0.39, 0.29) is 5.97 Å². The van der Waals surface area contributed by atoms with Gasteiger partial charge in [0.05, 0.1) is 13.7 Å². The summed E-state index contributed by atoms with van der Waals surface area (Å²) >= 11 is 0. The summed E-state index contributed by atoms with van der Waals surface area (Å²) in [6.07, 6.45) is 3.50. The third-order valence-corrected chi connectivity index (χ3v) is 3.44. The molecule has 1 aliphatic carbocycles. The molecule has 0 radical (unpaired) electrons. The molecule has 0 bridgehead atoms. The lowest BCUT2D eigenvalue weighted by Gasteiger charge is -2.27. The normalized spacial score (nSPS) is 15.0. The van der Waals surface area contributed by atoms with E-state index in [1.165, 1.54) is 13.5 Å². The molecule has 0 spiro atoms. The van der Waals surface area contributed by atoms with Gasteiger partial charge in [-0.1, -0.05) is 6.42 Å². The first-order valence-corrected chi connectivity index (χ1v) is 6.31. The Morgan fingerprint density at radius 1 is 1.44 bits per heavy atom. The Morgan fingerprint density at radius 3 is 2.67 bits per heavy atom. The van der Waals surface area contributed by atoms with Crippen LogP contribution in [-0.4, -0.2) is 19.7 Å². The van der Waals surface area contributed by atoms with Crippen molar-refractivity contribution in [3.8, 4) is 5.75 Å². The fourth-order valence-corrected chi connectivity index (χ4v) is 2.23. The topological polar surface area (TPSA) is 61.5 Å². The number of methoxy groups -OCH3 is 1. The van der Waals surface area contributed by atoms with Gasteiger partial charge in [-0.25, -0.2) is 4.79 Å². The zero-order valence-electron chi connectivity index (χ0n) is 10.9. The number of carbonyl (C=O) groups is 1. The highest BCUT2D eigenvalue weighted by molar-refractivity contribution is 5.93. The van der Waals surface area contributed by atoms with Crippen LogP contribution in [0, 0.1) is 0 Å². The van der Waals surface area contributed by atoms with E-state index < -0.39 is 0 Å². The maximum Gasteiger partial charge on any atom is 0.341 e. The summed E-state index contributed by atoms with van der Waals surface area (Å²) in [4.78, 5) is 11.8. The molecule has 0 aliphatic heterocycles. The van der Waals surface area contributed by atoms with Crippen molar-refractivity contribution in [3.63, 3.8) is 0 Å². The maximum atomic E-state index is 11.8. The molecule has 4 heteroatoms. The average molecular weight is 249 g/mol. The fraction of sp³-hybridized carbons (Fsp3) is 0.500. The Labute approximate surface area is 107 Å². The van der Waals surface area contributed by atoms with Crippen LogP contribution in [0.4, 0.5) is 5.69 Å². The van der Waals surface area contributed by atoms with Crippen molar-refractivity contribution >= 4 is 11.7 Å². The Balaban J connectivity index is 2.41. The van der Waals surface area contributed by atoms with Crippen molar-refractivity contribution in [3.05, 3.63) is 23.3 Å². The van der Waals surface area contributed by atoms with Gasteiger partial charge in [0.25, 0.3) is 0 Å². The summed E-state index contributed by atoms with van der Waals surface area (Å²) in [6, 6.07) is 3.57. The van der Waals surface area contributed by atoms with Crippen LogP contribution >= 0.6 is 0 Å². The van der Waals surface area contributed by atoms with Gasteiger partial charge in [-0.05, 0) is 37.3 Å². The van der Waals surface area contributed by atoms with Crippen LogP contribution in [-0.2, 0) is 4.74 Å². The lowest BCUT2D eigenvalue weighted by Crippen LogP contribution is -2.14. The van der Waals surface area contributed by atoms with Crippen LogP contribution in [0.2, 0.25) is 0 Å². The minimum absolute atomic E-state index is 0.376. The molecule has 0 saturated heterocycles. The van der Waals surface area contributed by atoms with Gasteiger partial charge in [-0.2, -0.15) is 0 Å². The highest BCUT2D eigenvalue weighted by atomic mass is 16.5. The molecule has 4 nitrogen and oxygen atoms in total. The number of esters is 1. The number of carbonyl (C=O) groups excluding carboxylic acids is 1. The average Bonchev–Trinajstić information content (AvgIpc) is 2.29. The van der Waals surface area contributed by atoms with Gasteiger partial charge in [0.2, 0.25) is 0 Å². The minimum Gasteiger partial charge on any atom is -0.493 e. The van der Waals surface area contributed by atoms with Crippen molar-refractivity contribution in [1.29, 1.82) is 0 Å². The second kappa shape index (κ2) is 5.29. The first kappa shape index (κ1) is 12.7. The number of rotatable bonds is 4. The van der Waals surface area contributed by atoms with Crippen LogP contribution < -0.4 is 10.5 Å². The molecule has 2 N–H and O–H groups in total. The highest BCUT2D eigenvalue weighted by Gasteiger charge is 2.25. The first-order valence-electron chi connectivity index (χ1n) is 6.31. The number of anilines is 1. The predicted octanol–water partition coefficient (Wildman–Crippen LogP) is 2.72. The van der Waals surface area contributed by atoms with Crippen molar-refractivity contribution in [1.82, 2.24) is 0 Å². The van der Waals surface area contributed by atoms with Gasteiger partial charge in [0, 0.05) is 11.8 Å². The van der Waals surface area contributed by atoms with Gasteiger partial charge >= 0.3 is 5.97 Å². The van der Waals surface area contributed by atoms with Crippen LogP contribution in [0.5, 0.6) is 5.75 Å². The van der Waals surface area contributed by atoms with E-state index in [1.54, 1.807) is 6.07 Å². The number of ether oxygens (including phenoxy) is 2. The standard InChI is InChI=1S/C14H19NO3/c1-3-18-13-8-12(15)10(9-5-4-6-9)7-11(13)14(16)17-2/h7-9H,3-6,15H2,1-2H3.